The number of aromatic nitrogens is 2. The van der Waals surface area contributed by atoms with Gasteiger partial charge in [0.15, 0.2) is 5.82 Å². The Labute approximate surface area is 197 Å². The molecular weight excluding hydrogens is 440 g/mol. The van der Waals surface area contributed by atoms with Crippen molar-refractivity contribution in [2.45, 2.75) is 33.0 Å². The minimum absolute atomic E-state index is 0.0201. The summed E-state index contributed by atoms with van der Waals surface area (Å²) in [6.07, 6.45) is 0.430. The zero-order valence-corrected chi connectivity index (χ0v) is 19.2. The van der Waals surface area contributed by atoms with Gasteiger partial charge in [-0.3, -0.25) is 4.79 Å². The van der Waals surface area contributed by atoms with Crippen LogP contribution in [0.1, 0.15) is 25.1 Å². The van der Waals surface area contributed by atoms with Crippen molar-refractivity contribution in [3.63, 3.8) is 0 Å². The fraction of sp³-hybridized carbons (Fsp3) is 0.280. The molecule has 3 aromatic rings. The molecule has 0 radical (unpaired) electrons. The molecule has 178 valence electrons. The van der Waals surface area contributed by atoms with Crippen LogP contribution in [0.4, 0.5) is 0 Å². The number of methoxy groups -OCH3 is 1. The summed E-state index contributed by atoms with van der Waals surface area (Å²) in [5.41, 5.74) is 1.83. The second kappa shape index (κ2) is 11.6. The van der Waals surface area contributed by atoms with Gasteiger partial charge in [0.1, 0.15) is 23.9 Å². The van der Waals surface area contributed by atoms with E-state index in [9.17, 15) is 14.7 Å². The molecule has 0 aliphatic carbocycles. The highest BCUT2D eigenvalue weighted by molar-refractivity contribution is 5.79. The molecule has 0 aliphatic rings. The van der Waals surface area contributed by atoms with Crippen LogP contribution in [-0.2, 0) is 32.1 Å². The van der Waals surface area contributed by atoms with Gasteiger partial charge >= 0.3 is 11.9 Å². The van der Waals surface area contributed by atoms with Gasteiger partial charge in [-0.05, 0) is 43.3 Å². The number of hydrogen-bond acceptors (Lipinski definition) is 9. The van der Waals surface area contributed by atoms with Crippen molar-refractivity contribution in [2.24, 2.45) is 0 Å². The van der Waals surface area contributed by atoms with Gasteiger partial charge in [0, 0.05) is 25.1 Å². The summed E-state index contributed by atoms with van der Waals surface area (Å²) in [4.78, 5) is 32.6. The number of carbonyl (C=O) groups excluding carboxylic acids is 2. The fourth-order valence-corrected chi connectivity index (χ4v) is 3.26. The molecule has 0 saturated heterocycles. The molecular formula is C25H26N2O7. The number of aromatic hydroxyl groups is 1. The molecule has 9 nitrogen and oxygen atoms in total. The lowest BCUT2D eigenvalue weighted by Gasteiger charge is -2.18. The Morgan fingerprint density at radius 1 is 1.09 bits per heavy atom. The number of esters is 2. The molecule has 9 heteroatoms. The van der Waals surface area contributed by atoms with Crippen LogP contribution < -0.4 is 9.47 Å². The Hall–Kier alpha value is -4.14. The highest BCUT2D eigenvalue weighted by Crippen LogP contribution is 2.28. The van der Waals surface area contributed by atoms with Gasteiger partial charge < -0.3 is 24.1 Å². The smallest absolute Gasteiger partial charge is 0.347 e. The zero-order valence-electron chi connectivity index (χ0n) is 19.2. The molecule has 1 atom stereocenters. The van der Waals surface area contributed by atoms with E-state index in [0.29, 0.717) is 28.6 Å². The summed E-state index contributed by atoms with van der Waals surface area (Å²) in [6, 6.07) is 13.6. The van der Waals surface area contributed by atoms with E-state index in [1.807, 2.05) is 24.3 Å². The first-order valence-electron chi connectivity index (χ1n) is 10.6. The van der Waals surface area contributed by atoms with E-state index >= 15 is 0 Å². The largest absolute Gasteiger partial charge is 0.508 e. The van der Waals surface area contributed by atoms with Crippen molar-refractivity contribution in [3.8, 4) is 28.6 Å². The maximum atomic E-state index is 12.3. The van der Waals surface area contributed by atoms with Crippen LogP contribution >= 0.6 is 0 Å². The molecule has 0 bridgehead atoms. The predicted molar refractivity (Wildman–Crippen MR) is 122 cm³/mol. The van der Waals surface area contributed by atoms with Crippen molar-refractivity contribution in [3.05, 3.63) is 66.0 Å². The maximum Gasteiger partial charge on any atom is 0.347 e. The average molecular weight is 466 g/mol. The number of nitrogens with zero attached hydrogens (tertiary/aromatic N) is 2. The summed E-state index contributed by atoms with van der Waals surface area (Å²) < 4.78 is 21.5. The van der Waals surface area contributed by atoms with Crippen molar-refractivity contribution in [1.29, 1.82) is 0 Å². The van der Waals surface area contributed by atoms with E-state index in [0.717, 1.165) is 5.56 Å². The van der Waals surface area contributed by atoms with Crippen LogP contribution in [-0.4, -0.2) is 46.8 Å². The minimum atomic E-state index is -1.17. The van der Waals surface area contributed by atoms with Gasteiger partial charge in [0.25, 0.3) is 0 Å². The summed E-state index contributed by atoms with van der Waals surface area (Å²) >= 11 is 0. The molecule has 34 heavy (non-hydrogen) atoms. The number of ether oxygens (including phenoxy) is 4. The van der Waals surface area contributed by atoms with Crippen molar-refractivity contribution < 1.29 is 33.6 Å². The first kappa shape index (κ1) is 24.5. The van der Waals surface area contributed by atoms with E-state index in [2.05, 4.69) is 9.97 Å². The number of phenols is 1. The van der Waals surface area contributed by atoms with E-state index in [1.54, 1.807) is 32.4 Å². The average Bonchev–Trinajstić information content (AvgIpc) is 2.83. The highest BCUT2D eigenvalue weighted by atomic mass is 16.6. The third-order valence-electron chi connectivity index (χ3n) is 4.74. The Kier molecular flexibility index (Phi) is 8.39. The molecule has 1 unspecified atom stereocenters. The molecule has 0 aliphatic heterocycles. The zero-order chi connectivity index (χ0) is 24.5. The second-order valence-corrected chi connectivity index (χ2v) is 7.21. The molecule has 1 N–H and O–H groups in total. The van der Waals surface area contributed by atoms with Gasteiger partial charge in [0.2, 0.25) is 6.10 Å². The van der Waals surface area contributed by atoms with Gasteiger partial charge in [-0.1, -0.05) is 12.1 Å². The number of hydrogen-bond donors (Lipinski definition) is 1. The SMILES string of the molecule is CCOC(=O)C(Cc1cc(O)ccc1OCc1ccnc(-c2ccccc2OC)n1)OC(C)=O. The third-order valence-corrected chi connectivity index (χ3v) is 4.74. The summed E-state index contributed by atoms with van der Waals surface area (Å²) in [7, 11) is 1.58. The Morgan fingerprint density at radius 3 is 2.62 bits per heavy atom. The lowest BCUT2D eigenvalue weighted by atomic mass is 10.1. The summed E-state index contributed by atoms with van der Waals surface area (Å²) in [6.45, 7) is 3.11. The molecule has 0 amide bonds. The molecule has 1 heterocycles. The Morgan fingerprint density at radius 2 is 1.88 bits per heavy atom. The van der Waals surface area contributed by atoms with Crippen LogP contribution in [0.3, 0.4) is 0 Å². The van der Waals surface area contributed by atoms with Crippen LogP contribution in [0.2, 0.25) is 0 Å². The van der Waals surface area contributed by atoms with Crippen molar-refractivity contribution >= 4 is 11.9 Å². The monoisotopic (exact) mass is 466 g/mol. The summed E-state index contributed by atoms with van der Waals surface area (Å²) in [5.74, 6) is 0.221. The standard InChI is InChI=1S/C25H26N2O7/c1-4-32-25(30)23(34-16(2)28)14-17-13-19(29)9-10-21(17)33-15-18-11-12-26-24(27-18)20-7-5-6-8-22(20)31-3/h5-13,23,29H,4,14-15H2,1-3H3. The molecule has 2 aromatic carbocycles. The second-order valence-electron chi connectivity index (χ2n) is 7.21. The molecule has 0 spiro atoms. The van der Waals surface area contributed by atoms with Gasteiger partial charge in [-0.25, -0.2) is 14.8 Å². The predicted octanol–water partition coefficient (Wildman–Crippen LogP) is 3.47. The maximum absolute atomic E-state index is 12.3. The summed E-state index contributed by atoms with van der Waals surface area (Å²) in [5, 5.41) is 9.96. The Balaban J connectivity index is 1.80. The molecule has 0 saturated carbocycles. The van der Waals surface area contributed by atoms with Crippen LogP contribution in [0, 0.1) is 0 Å². The van der Waals surface area contributed by atoms with Gasteiger partial charge in [-0.2, -0.15) is 0 Å². The van der Waals surface area contributed by atoms with E-state index < -0.39 is 18.0 Å². The lowest BCUT2D eigenvalue weighted by Crippen LogP contribution is -2.30. The highest BCUT2D eigenvalue weighted by Gasteiger charge is 2.25. The molecule has 0 fully saturated rings. The van der Waals surface area contributed by atoms with Crippen molar-refractivity contribution in [2.75, 3.05) is 13.7 Å². The van der Waals surface area contributed by atoms with Crippen molar-refractivity contribution in [1.82, 2.24) is 9.97 Å². The number of para-hydroxylation sites is 1. The van der Waals surface area contributed by atoms with Crippen LogP contribution in [0.25, 0.3) is 11.4 Å². The van der Waals surface area contributed by atoms with E-state index in [-0.39, 0.29) is 25.4 Å². The van der Waals surface area contributed by atoms with Gasteiger partial charge in [-0.15, -0.1) is 0 Å². The fourth-order valence-electron chi connectivity index (χ4n) is 3.26. The quantitative estimate of drug-likeness (QED) is 0.448. The normalized spacial score (nSPS) is 11.4. The minimum Gasteiger partial charge on any atom is -0.508 e. The van der Waals surface area contributed by atoms with Crippen LogP contribution in [0.15, 0.2) is 54.7 Å². The number of rotatable bonds is 10. The molecule has 1 aromatic heterocycles. The van der Waals surface area contributed by atoms with Crippen LogP contribution in [0.5, 0.6) is 17.2 Å². The lowest BCUT2D eigenvalue weighted by molar-refractivity contribution is -0.166. The first-order chi connectivity index (χ1) is 16.4. The number of benzene rings is 2. The number of phenolic OH excluding ortho intramolecular Hbond substituents is 1. The van der Waals surface area contributed by atoms with E-state index in [1.165, 1.54) is 19.1 Å². The van der Waals surface area contributed by atoms with Gasteiger partial charge in [0.05, 0.1) is 25.0 Å². The first-order valence-corrected chi connectivity index (χ1v) is 10.6. The topological polar surface area (TPSA) is 117 Å². The third kappa shape index (κ3) is 6.44. The Bertz CT molecular complexity index is 1150. The number of carbonyl (C=O) groups is 2. The molecule has 3 rings (SSSR count). The van der Waals surface area contributed by atoms with E-state index in [4.69, 9.17) is 18.9 Å².